The van der Waals surface area contributed by atoms with E-state index in [4.69, 9.17) is 48.4 Å². The van der Waals surface area contributed by atoms with Crippen LogP contribution in [0.1, 0.15) is 38.3 Å². The number of H-pyrrole nitrogens is 1. The van der Waals surface area contributed by atoms with Crippen molar-refractivity contribution in [3.05, 3.63) is 136 Å². The summed E-state index contributed by atoms with van der Waals surface area (Å²) in [6.07, 6.45) is 2.46. The summed E-state index contributed by atoms with van der Waals surface area (Å²) >= 11 is 20.8. The first kappa shape index (κ1) is 29.4. The van der Waals surface area contributed by atoms with Gasteiger partial charge in [0.1, 0.15) is 11.2 Å². The molecule has 1 unspecified atom stereocenters. The monoisotopic (exact) mass is 646 g/mol. The number of benzene rings is 2. The number of esters is 1. The molecule has 0 fully saturated rings. The second-order valence-corrected chi connectivity index (χ2v) is 10.9. The molecule has 0 saturated heterocycles. The van der Waals surface area contributed by atoms with Gasteiger partial charge in [0.15, 0.2) is 18.1 Å². The van der Waals surface area contributed by atoms with Crippen LogP contribution in [0.2, 0.25) is 15.1 Å². The number of carbonyl (C=O) groups excluding carboxylic acids is 1. The second-order valence-electron chi connectivity index (χ2n) is 8.59. The lowest BCUT2D eigenvalue weighted by Gasteiger charge is -2.21. The summed E-state index contributed by atoms with van der Waals surface area (Å²) in [4.78, 5) is 54.7. The normalized spacial score (nSPS) is 11.8. The molecule has 2 aromatic carbocycles. The standard InChI is InChI=1S/C27H17Cl3N4O7S/c1-13-20(41-27(38)40-13)12-39-25(36)17-3-2-8-31-24(17)42-23(14-4-6-15(28)7-5-14)22-18(29)9-16(10-19(22)30)34-26(37)33-21(35)11-32-34/h2-11,23H,12H2,1H3,(H,33,35,37). The molecule has 0 radical (unpaired) electrons. The number of hydrogen-bond acceptors (Lipinski definition) is 10. The largest absolute Gasteiger partial charge is 0.519 e. The molecule has 5 aromatic rings. The summed E-state index contributed by atoms with van der Waals surface area (Å²) in [7, 11) is 0. The molecular formula is C27H17Cl3N4O7S. The molecule has 15 heteroatoms. The number of halogens is 3. The van der Waals surface area contributed by atoms with Crippen LogP contribution >= 0.6 is 46.6 Å². The third kappa shape index (κ3) is 6.36. The molecule has 0 aliphatic rings. The van der Waals surface area contributed by atoms with Crippen LogP contribution in [0.5, 0.6) is 0 Å². The van der Waals surface area contributed by atoms with Crippen molar-refractivity contribution in [3.8, 4) is 5.69 Å². The summed E-state index contributed by atoms with van der Waals surface area (Å²) < 4.78 is 16.0. The number of pyridine rings is 1. The third-order valence-electron chi connectivity index (χ3n) is 5.85. The van der Waals surface area contributed by atoms with Gasteiger partial charge in [-0.05, 0) is 48.9 Å². The zero-order chi connectivity index (χ0) is 30.0. The predicted molar refractivity (Wildman–Crippen MR) is 155 cm³/mol. The van der Waals surface area contributed by atoms with E-state index in [9.17, 15) is 19.2 Å². The Morgan fingerprint density at radius 3 is 2.43 bits per heavy atom. The van der Waals surface area contributed by atoms with Crippen LogP contribution in [-0.2, 0) is 11.3 Å². The van der Waals surface area contributed by atoms with Crippen LogP contribution in [0.25, 0.3) is 5.69 Å². The van der Waals surface area contributed by atoms with Gasteiger partial charge >= 0.3 is 17.5 Å². The minimum absolute atomic E-state index is 0.0835. The lowest BCUT2D eigenvalue weighted by molar-refractivity contribution is 0.0438. The number of thioether (sulfide) groups is 1. The molecule has 1 atom stereocenters. The minimum atomic E-state index is -0.900. The van der Waals surface area contributed by atoms with Crippen LogP contribution in [-0.4, -0.2) is 25.7 Å². The van der Waals surface area contributed by atoms with Crippen molar-refractivity contribution in [2.45, 2.75) is 23.8 Å². The quantitative estimate of drug-likeness (QED) is 0.172. The van der Waals surface area contributed by atoms with E-state index in [1.807, 2.05) is 0 Å². The summed E-state index contributed by atoms with van der Waals surface area (Å²) in [6, 6.07) is 13.0. The number of nitrogens with zero attached hydrogens (tertiary/aromatic N) is 3. The van der Waals surface area contributed by atoms with Crippen molar-refractivity contribution >= 4 is 52.5 Å². The second kappa shape index (κ2) is 12.4. The Hall–Kier alpha value is -4.10. The lowest BCUT2D eigenvalue weighted by Crippen LogP contribution is -2.30. The highest BCUT2D eigenvalue weighted by Crippen LogP contribution is 2.47. The Kier molecular flexibility index (Phi) is 8.69. The average molecular weight is 648 g/mol. The van der Waals surface area contributed by atoms with Crippen molar-refractivity contribution in [2.24, 2.45) is 0 Å². The summed E-state index contributed by atoms with van der Waals surface area (Å²) in [6.45, 7) is 1.19. The van der Waals surface area contributed by atoms with Crippen LogP contribution < -0.4 is 17.1 Å². The smallest absolute Gasteiger partial charge is 0.454 e. The summed E-state index contributed by atoms with van der Waals surface area (Å²) in [5.74, 6) is -1.34. The van der Waals surface area contributed by atoms with E-state index in [1.165, 1.54) is 43.1 Å². The van der Waals surface area contributed by atoms with Crippen LogP contribution in [0.3, 0.4) is 0 Å². The van der Waals surface area contributed by atoms with Gasteiger partial charge in [0.05, 0.1) is 16.5 Å². The topological polar surface area (TPSA) is 150 Å². The molecule has 0 amide bonds. The minimum Gasteiger partial charge on any atom is -0.454 e. The molecule has 0 spiro atoms. The van der Waals surface area contributed by atoms with Crippen molar-refractivity contribution in [2.75, 3.05) is 0 Å². The van der Waals surface area contributed by atoms with E-state index in [-0.39, 0.29) is 39.4 Å². The van der Waals surface area contributed by atoms with Gasteiger partial charge in [-0.1, -0.05) is 58.7 Å². The van der Waals surface area contributed by atoms with Gasteiger partial charge in [0.2, 0.25) is 0 Å². The van der Waals surface area contributed by atoms with Gasteiger partial charge in [-0.15, -0.1) is 0 Å². The number of rotatable bonds is 8. The SMILES string of the molecule is Cc1oc(=O)oc1COC(=O)c1cccnc1SC(c1ccc(Cl)cc1)c1c(Cl)cc(-n2ncc(=O)[nH]c2=O)cc1Cl. The number of aryl methyl sites for hydroxylation is 1. The maximum atomic E-state index is 13.1. The lowest BCUT2D eigenvalue weighted by atomic mass is 10.0. The number of nitrogens with one attached hydrogen (secondary N) is 1. The Bertz CT molecular complexity index is 1950. The molecule has 214 valence electrons. The van der Waals surface area contributed by atoms with Crippen molar-refractivity contribution in [1.29, 1.82) is 0 Å². The fourth-order valence-corrected chi connectivity index (χ4v) is 6.12. The number of hydrogen-bond donors (Lipinski definition) is 1. The number of aromatic amines is 1. The molecule has 0 aliphatic heterocycles. The van der Waals surface area contributed by atoms with Gasteiger partial charge in [-0.3, -0.25) is 9.78 Å². The Morgan fingerprint density at radius 2 is 1.79 bits per heavy atom. The molecule has 0 bridgehead atoms. The molecule has 5 rings (SSSR count). The fraction of sp³-hybridized carbons (Fsp3) is 0.111. The van der Waals surface area contributed by atoms with E-state index in [0.717, 1.165) is 16.4 Å². The highest BCUT2D eigenvalue weighted by atomic mass is 35.5. The van der Waals surface area contributed by atoms with Gasteiger partial charge in [0, 0.05) is 26.8 Å². The van der Waals surface area contributed by atoms with Crippen LogP contribution in [0.15, 0.2) is 89.2 Å². The molecule has 11 nitrogen and oxygen atoms in total. The van der Waals surface area contributed by atoms with E-state index in [0.29, 0.717) is 15.6 Å². The highest BCUT2D eigenvalue weighted by Gasteiger charge is 2.26. The predicted octanol–water partition coefficient (Wildman–Crippen LogP) is 5.37. The number of carbonyl (C=O) groups is 1. The van der Waals surface area contributed by atoms with Crippen LogP contribution in [0.4, 0.5) is 0 Å². The fourth-order valence-electron chi connectivity index (χ4n) is 3.88. The first-order valence-corrected chi connectivity index (χ1v) is 13.9. The number of ether oxygens (including phenoxy) is 1. The van der Waals surface area contributed by atoms with Crippen molar-refractivity contribution in [3.63, 3.8) is 0 Å². The van der Waals surface area contributed by atoms with E-state index < -0.39 is 28.3 Å². The Morgan fingerprint density at radius 1 is 1.07 bits per heavy atom. The zero-order valence-corrected chi connectivity index (χ0v) is 24.4. The summed E-state index contributed by atoms with van der Waals surface area (Å²) in [5, 5.41) is 4.38. The highest BCUT2D eigenvalue weighted by molar-refractivity contribution is 7.99. The van der Waals surface area contributed by atoms with Crippen molar-refractivity contribution < 1.29 is 18.4 Å². The van der Waals surface area contributed by atoms with E-state index >= 15 is 0 Å². The molecule has 3 aromatic heterocycles. The van der Waals surface area contributed by atoms with E-state index in [1.54, 1.807) is 30.3 Å². The van der Waals surface area contributed by atoms with Crippen molar-refractivity contribution in [1.82, 2.24) is 19.7 Å². The van der Waals surface area contributed by atoms with Gasteiger partial charge in [-0.25, -0.2) is 19.4 Å². The molecule has 0 aliphatic carbocycles. The van der Waals surface area contributed by atoms with Gasteiger partial charge in [0.25, 0.3) is 5.56 Å². The van der Waals surface area contributed by atoms with Crippen LogP contribution in [0, 0.1) is 6.92 Å². The Labute approximate surface area is 255 Å². The molecule has 3 heterocycles. The molecule has 1 N–H and O–H groups in total. The first-order valence-electron chi connectivity index (χ1n) is 11.9. The van der Waals surface area contributed by atoms with Gasteiger partial charge < -0.3 is 13.6 Å². The molecule has 0 saturated carbocycles. The van der Waals surface area contributed by atoms with E-state index in [2.05, 4.69) is 15.1 Å². The summed E-state index contributed by atoms with van der Waals surface area (Å²) in [5.41, 5.74) is 0.107. The third-order valence-corrected chi connectivity index (χ3v) is 8.02. The molecular weight excluding hydrogens is 631 g/mol. The molecule has 42 heavy (non-hydrogen) atoms. The number of aromatic nitrogens is 4. The maximum absolute atomic E-state index is 13.1. The Balaban J connectivity index is 1.53. The zero-order valence-electron chi connectivity index (χ0n) is 21.3. The first-order chi connectivity index (χ1) is 20.1. The maximum Gasteiger partial charge on any atom is 0.519 e. The average Bonchev–Trinajstić information content (AvgIpc) is 3.27. The van der Waals surface area contributed by atoms with Gasteiger partial charge in [-0.2, -0.15) is 9.78 Å².